The first kappa shape index (κ1) is 10.4. The maximum atomic E-state index is 12.5. The van der Waals surface area contributed by atoms with Gasteiger partial charge in [0.25, 0.3) is 0 Å². The van der Waals surface area contributed by atoms with Crippen molar-refractivity contribution in [2.24, 2.45) is 0 Å². The van der Waals surface area contributed by atoms with Gasteiger partial charge >= 0.3 is 0 Å². The molecular formula is C8H10FNO2S. The van der Waals surface area contributed by atoms with Crippen LogP contribution in [0, 0.1) is 5.95 Å². The number of thioether (sulfide) groups is 1. The van der Waals surface area contributed by atoms with E-state index in [1.165, 1.54) is 17.8 Å². The molecule has 0 aliphatic carbocycles. The highest BCUT2D eigenvalue weighted by atomic mass is 32.2. The van der Waals surface area contributed by atoms with Crippen molar-refractivity contribution in [2.75, 3.05) is 12.4 Å². The Morgan fingerprint density at radius 1 is 1.54 bits per heavy atom. The van der Waals surface area contributed by atoms with Gasteiger partial charge in [-0.05, 0) is 12.1 Å². The monoisotopic (exact) mass is 203 g/mol. The van der Waals surface area contributed by atoms with Crippen LogP contribution in [0.5, 0.6) is 0 Å². The molecule has 5 heteroatoms. The van der Waals surface area contributed by atoms with Crippen molar-refractivity contribution >= 4 is 11.8 Å². The minimum absolute atomic E-state index is 0.289. The third-order valence-electron chi connectivity index (χ3n) is 1.32. The zero-order chi connectivity index (χ0) is 9.68. The fourth-order valence-electron chi connectivity index (χ4n) is 0.704. The normalized spacial score (nSPS) is 12.8. The zero-order valence-corrected chi connectivity index (χ0v) is 7.67. The van der Waals surface area contributed by atoms with Crippen molar-refractivity contribution < 1.29 is 14.6 Å². The smallest absolute Gasteiger partial charge is 0.213 e. The first-order chi connectivity index (χ1) is 6.22. The van der Waals surface area contributed by atoms with Crippen molar-refractivity contribution in [3.63, 3.8) is 0 Å². The van der Waals surface area contributed by atoms with Gasteiger partial charge < -0.3 is 10.2 Å². The molecule has 1 atom stereocenters. The minimum Gasteiger partial charge on any atom is -0.394 e. The van der Waals surface area contributed by atoms with Crippen LogP contribution in [0.15, 0.2) is 23.2 Å². The Morgan fingerprint density at radius 3 is 2.92 bits per heavy atom. The lowest BCUT2D eigenvalue weighted by atomic mass is 10.4. The van der Waals surface area contributed by atoms with E-state index in [1.54, 1.807) is 12.1 Å². The van der Waals surface area contributed by atoms with Crippen molar-refractivity contribution in [3.8, 4) is 0 Å². The Morgan fingerprint density at radius 2 is 2.31 bits per heavy atom. The number of pyridine rings is 1. The van der Waals surface area contributed by atoms with Gasteiger partial charge in [-0.15, -0.1) is 11.8 Å². The van der Waals surface area contributed by atoms with Crippen LogP contribution in [0.4, 0.5) is 4.39 Å². The van der Waals surface area contributed by atoms with Gasteiger partial charge in [-0.1, -0.05) is 6.07 Å². The number of hydrogen-bond acceptors (Lipinski definition) is 4. The van der Waals surface area contributed by atoms with E-state index in [1.807, 2.05) is 0 Å². The van der Waals surface area contributed by atoms with Gasteiger partial charge in [-0.25, -0.2) is 4.98 Å². The molecule has 72 valence electrons. The van der Waals surface area contributed by atoms with Crippen LogP contribution in [-0.4, -0.2) is 33.7 Å². The van der Waals surface area contributed by atoms with E-state index < -0.39 is 12.1 Å². The molecule has 0 amide bonds. The molecule has 1 aromatic rings. The molecule has 3 nitrogen and oxygen atoms in total. The van der Waals surface area contributed by atoms with Crippen molar-refractivity contribution in [1.82, 2.24) is 4.98 Å². The Balaban J connectivity index is 2.45. The van der Waals surface area contributed by atoms with E-state index in [-0.39, 0.29) is 6.61 Å². The van der Waals surface area contributed by atoms with E-state index in [0.717, 1.165) is 0 Å². The van der Waals surface area contributed by atoms with Gasteiger partial charge in [0.1, 0.15) is 0 Å². The number of halogens is 1. The summed E-state index contributed by atoms with van der Waals surface area (Å²) in [6.07, 6.45) is -0.782. The molecule has 1 rings (SSSR count). The average molecular weight is 203 g/mol. The van der Waals surface area contributed by atoms with Gasteiger partial charge in [0.05, 0.1) is 17.7 Å². The van der Waals surface area contributed by atoms with Gasteiger partial charge in [-0.3, -0.25) is 0 Å². The van der Waals surface area contributed by atoms with E-state index in [2.05, 4.69) is 4.98 Å². The Kier molecular flexibility index (Phi) is 4.14. The molecule has 1 unspecified atom stereocenters. The highest BCUT2D eigenvalue weighted by Gasteiger charge is 2.04. The molecule has 13 heavy (non-hydrogen) atoms. The fourth-order valence-corrected chi connectivity index (χ4v) is 1.50. The lowest BCUT2D eigenvalue weighted by Crippen LogP contribution is -2.14. The summed E-state index contributed by atoms with van der Waals surface area (Å²) in [5, 5.41) is 18.0. The van der Waals surface area contributed by atoms with Gasteiger partial charge in [0, 0.05) is 5.75 Å². The zero-order valence-electron chi connectivity index (χ0n) is 6.85. The lowest BCUT2D eigenvalue weighted by Gasteiger charge is -2.05. The lowest BCUT2D eigenvalue weighted by molar-refractivity contribution is 0.113. The van der Waals surface area contributed by atoms with E-state index in [9.17, 15) is 4.39 Å². The summed E-state index contributed by atoms with van der Waals surface area (Å²) in [7, 11) is 0. The number of aromatic nitrogens is 1. The SMILES string of the molecule is OCC(O)CSc1cccc(F)n1. The third kappa shape index (κ3) is 3.71. The molecule has 2 N–H and O–H groups in total. The second kappa shape index (κ2) is 5.16. The van der Waals surface area contributed by atoms with Crippen LogP contribution in [0.2, 0.25) is 0 Å². The minimum atomic E-state index is -0.782. The Labute approximate surface area is 79.6 Å². The number of rotatable bonds is 4. The maximum Gasteiger partial charge on any atom is 0.213 e. The fraction of sp³-hybridized carbons (Fsp3) is 0.375. The molecular weight excluding hydrogens is 193 g/mol. The predicted molar refractivity (Wildman–Crippen MR) is 48.0 cm³/mol. The van der Waals surface area contributed by atoms with Gasteiger partial charge in [0.2, 0.25) is 5.95 Å². The van der Waals surface area contributed by atoms with Crippen LogP contribution in [0.25, 0.3) is 0 Å². The molecule has 0 fully saturated rings. The van der Waals surface area contributed by atoms with Crippen molar-refractivity contribution in [2.45, 2.75) is 11.1 Å². The summed E-state index contributed by atoms with van der Waals surface area (Å²) < 4.78 is 12.5. The van der Waals surface area contributed by atoms with Crippen LogP contribution >= 0.6 is 11.8 Å². The number of aliphatic hydroxyl groups is 2. The Bertz CT molecular complexity index is 272. The second-order valence-corrected chi connectivity index (χ2v) is 3.49. The Hall–Kier alpha value is -0.650. The predicted octanol–water partition coefficient (Wildman–Crippen LogP) is 0.666. The standard InChI is InChI=1S/C8H10FNO2S/c9-7-2-1-3-8(10-7)13-5-6(12)4-11/h1-3,6,11-12H,4-5H2. The summed E-state index contributed by atoms with van der Waals surface area (Å²) in [5.41, 5.74) is 0. The van der Waals surface area contributed by atoms with Crippen LogP contribution in [0.3, 0.4) is 0 Å². The number of hydrogen-bond donors (Lipinski definition) is 2. The first-order valence-corrected chi connectivity index (χ1v) is 4.75. The molecule has 0 aliphatic rings. The molecule has 0 aromatic carbocycles. The molecule has 1 heterocycles. The van der Waals surface area contributed by atoms with Crippen molar-refractivity contribution in [3.05, 3.63) is 24.1 Å². The molecule has 0 saturated heterocycles. The largest absolute Gasteiger partial charge is 0.394 e. The molecule has 1 aromatic heterocycles. The highest BCUT2D eigenvalue weighted by Crippen LogP contribution is 2.15. The van der Waals surface area contributed by atoms with Gasteiger partial charge in [-0.2, -0.15) is 4.39 Å². The molecule has 0 radical (unpaired) electrons. The molecule has 0 spiro atoms. The van der Waals surface area contributed by atoms with Crippen LogP contribution in [0.1, 0.15) is 0 Å². The first-order valence-electron chi connectivity index (χ1n) is 3.76. The molecule has 0 aliphatic heterocycles. The van der Waals surface area contributed by atoms with Gasteiger partial charge in [0.15, 0.2) is 0 Å². The highest BCUT2D eigenvalue weighted by molar-refractivity contribution is 7.99. The summed E-state index contributed by atoms with van der Waals surface area (Å²) >= 11 is 1.21. The van der Waals surface area contributed by atoms with E-state index in [0.29, 0.717) is 10.8 Å². The average Bonchev–Trinajstić information content (AvgIpc) is 2.14. The number of nitrogens with zero attached hydrogens (tertiary/aromatic N) is 1. The quantitative estimate of drug-likeness (QED) is 0.557. The summed E-state index contributed by atoms with van der Waals surface area (Å²) in [4.78, 5) is 3.58. The van der Waals surface area contributed by atoms with Crippen LogP contribution < -0.4 is 0 Å². The van der Waals surface area contributed by atoms with Crippen LogP contribution in [-0.2, 0) is 0 Å². The molecule has 0 bridgehead atoms. The maximum absolute atomic E-state index is 12.5. The summed E-state index contributed by atoms with van der Waals surface area (Å²) in [5.74, 6) is -0.226. The number of aliphatic hydroxyl groups excluding tert-OH is 2. The third-order valence-corrected chi connectivity index (χ3v) is 2.40. The topological polar surface area (TPSA) is 53.4 Å². The van der Waals surface area contributed by atoms with Crippen molar-refractivity contribution in [1.29, 1.82) is 0 Å². The summed E-state index contributed by atoms with van der Waals surface area (Å²) in [6.45, 7) is -0.289. The second-order valence-electron chi connectivity index (χ2n) is 2.45. The summed E-state index contributed by atoms with van der Waals surface area (Å²) in [6, 6.07) is 4.46. The molecule has 0 saturated carbocycles. The van der Waals surface area contributed by atoms with E-state index >= 15 is 0 Å². The van der Waals surface area contributed by atoms with E-state index in [4.69, 9.17) is 10.2 Å².